The van der Waals surface area contributed by atoms with E-state index in [0.717, 1.165) is 10.5 Å². The van der Waals surface area contributed by atoms with Crippen molar-refractivity contribution in [3.8, 4) is 0 Å². The summed E-state index contributed by atoms with van der Waals surface area (Å²) in [6.45, 7) is 7.29. The number of hydrogen-bond donors (Lipinski definition) is 6. The Morgan fingerprint density at radius 3 is 1.96 bits per heavy atom. The van der Waals surface area contributed by atoms with Gasteiger partial charge in [0.2, 0.25) is 23.6 Å². The average Bonchev–Trinajstić information content (AvgIpc) is 3.02. The number of guanidine groups is 1. The fraction of sp³-hybridized carbons (Fsp3) is 0.412. The van der Waals surface area contributed by atoms with Crippen molar-refractivity contribution >= 4 is 41.6 Å². The van der Waals surface area contributed by atoms with Crippen LogP contribution in [0.15, 0.2) is 71.7 Å². The summed E-state index contributed by atoms with van der Waals surface area (Å²) in [6, 6.07) is 12.3. The van der Waals surface area contributed by atoms with Gasteiger partial charge in [0, 0.05) is 12.6 Å². The molecule has 13 nitrogen and oxygen atoms in total. The van der Waals surface area contributed by atoms with Crippen LogP contribution in [0.2, 0.25) is 0 Å². The molecule has 0 saturated carbocycles. The molecule has 0 saturated heterocycles. The maximum atomic E-state index is 14.3. The second-order valence-electron chi connectivity index (χ2n) is 12.0. The molecule has 2 aromatic carbocycles. The molecule has 0 aliphatic rings. The summed E-state index contributed by atoms with van der Waals surface area (Å²) in [5.74, 6) is -4.45. The van der Waals surface area contributed by atoms with Crippen molar-refractivity contribution in [1.29, 1.82) is 0 Å². The molecule has 0 fully saturated rings. The minimum atomic E-state index is -1.48. The van der Waals surface area contributed by atoms with Gasteiger partial charge in [-0.05, 0) is 48.3 Å². The first-order chi connectivity index (χ1) is 22.2. The topological polar surface area (TPSA) is 229 Å². The van der Waals surface area contributed by atoms with Crippen molar-refractivity contribution in [3.05, 3.63) is 77.9 Å². The van der Waals surface area contributed by atoms with Gasteiger partial charge in [0.05, 0.1) is 6.04 Å². The molecule has 2 rings (SSSR count). The fourth-order valence-corrected chi connectivity index (χ4v) is 4.75. The maximum Gasteiger partial charge on any atom is 0.252 e. The third-order valence-corrected chi connectivity index (χ3v) is 7.25. The van der Waals surface area contributed by atoms with Crippen LogP contribution in [0.1, 0.15) is 64.1 Å². The lowest BCUT2D eigenvalue weighted by Crippen LogP contribution is -2.60. The summed E-state index contributed by atoms with van der Waals surface area (Å²) in [4.78, 5) is 72.4. The number of hydrogen-bond acceptors (Lipinski definition) is 7. The summed E-state index contributed by atoms with van der Waals surface area (Å²) < 4.78 is 0. The van der Waals surface area contributed by atoms with E-state index in [1.54, 1.807) is 50.3 Å². The maximum absolute atomic E-state index is 14.3. The highest BCUT2D eigenvalue weighted by Gasteiger charge is 2.41. The van der Waals surface area contributed by atoms with Crippen LogP contribution >= 0.6 is 0 Å². The van der Waals surface area contributed by atoms with Crippen LogP contribution in [-0.2, 0) is 24.0 Å². The van der Waals surface area contributed by atoms with Crippen LogP contribution in [0.3, 0.4) is 0 Å². The molecular formula is C34H48N8O5. The largest absolute Gasteiger partial charge is 0.370 e. The Hall–Kier alpha value is -5.04. The third kappa shape index (κ3) is 12.3. The van der Waals surface area contributed by atoms with Crippen molar-refractivity contribution in [2.24, 2.45) is 39.8 Å². The number of nitrogens with zero attached hydrogens (tertiary/aromatic N) is 2. The van der Waals surface area contributed by atoms with Crippen molar-refractivity contribution in [3.63, 3.8) is 0 Å². The summed E-state index contributed by atoms with van der Waals surface area (Å²) in [5, 5.41) is 5.42. The Kier molecular flexibility index (Phi) is 15.3. The Bertz CT molecular complexity index is 1410. The second-order valence-corrected chi connectivity index (χ2v) is 12.0. The van der Waals surface area contributed by atoms with Gasteiger partial charge in [0.15, 0.2) is 5.96 Å². The first-order valence-corrected chi connectivity index (χ1v) is 15.6. The number of primary amides is 1. The lowest BCUT2D eigenvalue weighted by Gasteiger charge is -2.35. The number of nitrogens with two attached hydrogens (primary N) is 4. The van der Waals surface area contributed by atoms with E-state index in [1.165, 1.54) is 6.08 Å². The fourth-order valence-electron chi connectivity index (χ4n) is 4.75. The number of amides is 5. The van der Waals surface area contributed by atoms with Crippen molar-refractivity contribution in [1.82, 2.24) is 15.5 Å². The van der Waals surface area contributed by atoms with Crippen molar-refractivity contribution in [2.75, 3.05) is 6.54 Å². The van der Waals surface area contributed by atoms with Crippen LogP contribution in [0.25, 0.3) is 6.08 Å². The van der Waals surface area contributed by atoms with Gasteiger partial charge < -0.3 is 33.6 Å². The van der Waals surface area contributed by atoms with E-state index in [0.29, 0.717) is 12.0 Å². The molecular weight excluding hydrogens is 600 g/mol. The van der Waals surface area contributed by atoms with E-state index in [2.05, 4.69) is 15.6 Å². The molecule has 0 heterocycles. The minimum absolute atomic E-state index is 0.105. The van der Waals surface area contributed by atoms with Gasteiger partial charge in [0.1, 0.15) is 18.1 Å². The first-order valence-electron chi connectivity index (χ1n) is 15.6. The molecule has 0 unspecified atom stereocenters. The first kappa shape index (κ1) is 38.1. The smallest absolute Gasteiger partial charge is 0.252 e. The standard InChI is InChI=1S/C34H48N8O5/c1-21(2)20-26(32(46)42(33(47)28(35)22(3)4)29(30(36)44)24-14-9-6-10-15-24)41-31(45)25(16-11-19-39-34(37)38)40-27(43)18-17-23-12-7-5-8-13-23/h5-10,12-15,17-18,21-22,25-26,28-29H,11,16,19-20,35H2,1-4H3,(H2,36,44)(H,40,43)(H,41,45)(H4,37,38,39)/b18-17+/t25-,26-,28-,29-/m0/s1. The van der Waals surface area contributed by atoms with Gasteiger partial charge in [-0.15, -0.1) is 0 Å². The zero-order chi connectivity index (χ0) is 35.1. The SMILES string of the molecule is CC(C)C[C@H](NC(=O)[C@H](CCCN=C(N)N)NC(=O)/C=C/c1ccccc1)C(=O)N(C(=O)[C@@H](N)C(C)C)[C@H](C(N)=O)c1ccccc1. The van der Waals surface area contributed by atoms with E-state index in [9.17, 15) is 24.0 Å². The monoisotopic (exact) mass is 648 g/mol. The van der Waals surface area contributed by atoms with Crippen LogP contribution in [0, 0.1) is 11.8 Å². The van der Waals surface area contributed by atoms with Crippen LogP contribution in [0.4, 0.5) is 0 Å². The Morgan fingerprint density at radius 1 is 0.830 bits per heavy atom. The normalized spacial score (nSPS) is 13.8. The van der Waals surface area contributed by atoms with E-state index in [1.807, 2.05) is 44.2 Å². The molecule has 0 aliphatic heterocycles. The number of nitrogens with one attached hydrogen (secondary N) is 2. The highest BCUT2D eigenvalue weighted by molar-refractivity contribution is 6.05. The Balaban J connectivity index is 2.47. The number of carbonyl (C=O) groups is 5. The van der Waals surface area contributed by atoms with Gasteiger partial charge in [-0.25, -0.2) is 0 Å². The van der Waals surface area contributed by atoms with Gasteiger partial charge >= 0.3 is 0 Å². The molecule has 2 aromatic rings. The van der Waals surface area contributed by atoms with E-state index in [-0.39, 0.29) is 37.2 Å². The molecule has 0 spiro atoms. The summed E-state index contributed by atoms with van der Waals surface area (Å²) in [6.07, 6.45) is 3.46. The lowest BCUT2D eigenvalue weighted by molar-refractivity contribution is -0.155. The molecule has 0 radical (unpaired) electrons. The van der Waals surface area contributed by atoms with Crippen LogP contribution in [-0.4, -0.2) is 65.1 Å². The molecule has 5 amide bonds. The molecule has 0 aliphatic carbocycles. The lowest BCUT2D eigenvalue weighted by atomic mass is 9.96. The minimum Gasteiger partial charge on any atom is -0.370 e. The predicted molar refractivity (Wildman–Crippen MR) is 182 cm³/mol. The molecule has 254 valence electrons. The number of rotatable bonds is 17. The molecule has 10 N–H and O–H groups in total. The Morgan fingerprint density at radius 2 is 1.43 bits per heavy atom. The number of carbonyl (C=O) groups excluding carboxylic acids is 5. The average molecular weight is 649 g/mol. The summed E-state index contributed by atoms with van der Waals surface area (Å²) in [7, 11) is 0. The van der Waals surface area contributed by atoms with E-state index < -0.39 is 53.7 Å². The highest BCUT2D eigenvalue weighted by Crippen LogP contribution is 2.25. The predicted octanol–water partition coefficient (Wildman–Crippen LogP) is 1.33. The number of aliphatic imine (C=N–C) groups is 1. The highest BCUT2D eigenvalue weighted by atomic mass is 16.2. The van der Waals surface area contributed by atoms with E-state index >= 15 is 0 Å². The Labute approximate surface area is 276 Å². The van der Waals surface area contributed by atoms with Crippen molar-refractivity contribution < 1.29 is 24.0 Å². The van der Waals surface area contributed by atoms with Gasteiger partial charge in [0.25, 0.3) is 5.91 Å². The second kappa shape index (κ2) is 18.8. The third-order valence-electron chi connectivity index (χ3n) is 7.25. The van der Waals surface area contributed by atoms with Crippen LogP contribution < -0.4 is 33.6 Å². The molecule has 4 atom stereocenters. The molecule has 13 heteroatoms. The van der Waals surface area contributed by atoms with Gasteiger partial charge in [-0.3, -0.25) is 33.9 Å². The summed E-state index contributed by atoms with van der Waals surface area (Å²) in [5.41, 5.74) is 24.0. The van der Waals surface area contributed by atoms with Gasteiger partial charge in [-0.2, -0.15) is 0 Å². The quantitative estimate of drug-likeness (QED) is 0.0633. The van der Waals surface area contributed by atoms with Crippen LogP contribution in [0.5, 0.6) is 0 Å². The number of imide groups is 1. The van der Waals surface area contributed by atoms with E-state index in [4.69, 9.17) is 22.9 Å². The zero-order valence-corrected chi connectivity index (χ0v) is 27.5. The van der Waals surface area contributed by atoms with Crippen molar-refractivity contribution in [2.45, 2.75) is 71.1 Å². The summed E-state index contributed by atoms with van der Waals surface area (Å²) >= 11 is 0. The number of benzene rings is 2. The molecule has 0 aromatic heterocycles. The molecule has 0 bridgehead atoms. The zero-order valence-electron chi connectivity index (χ0n) is 27.5. The van der Waals surface area contributed by atoms with Gasteiger partial charge in [-0.1, -0.05) is 88.4 Å². The molecule has 47 heavy (non-hydrogen) atoms.